The molecule has 22 heavy (non-hydrogen) atoms. The number of rotatable bonds is 1. The van der Waals surface area contributed by atoms with Crippen LogP contribution in [0.3, 0.4) is 0 Å². The van der Waals surface area contributed by atoms with Crippen molar-refractivity contribution in [1.29, 1.82) is 0 Å². The molecule has 1 aromatic heterocycles. The Kier molecular flexibility index (Phi) is 8.38. The third-order valence-corrected chi connectivity index (χ3v) is 2.59. The van der Waals surface area contributed by atoms with Gasteiger partial charge in [0.25, 0.3) is 0 Å². The van der Waals surface area contributed by atoms with Gasteiger partial charge in [-0.15, -0.1) is 10.2 Å². The van der Waals surface area contributed by atoms with E-state index in [2.05, 4.69) is 11.1 Å². The number of nitrogens with one attached hydrogen (secondary N) is 1. The topological polar surface area (TPSA) is 199 Å². The van der Waals surface area contributed by atoms with Gasteiger partial charge >= 0.3 is 1.41 Å². The number of pyridine rings is 1. The normalized spacial score (nSPS) is 25.3. The molecular formula is C10H16Cl2N2O8. The number of halogens is 2. The molecule has 1 aliphatic rings. The van der Waals surface area contributed by atoms with E-state index < -0.39 is 20.5 Å². The lowest BCUT2D eigenvalue weighted by molar-refractivity contribution is -2.00. The largest absolute Gasteiger partial charge is 0.348 e. The summed E-state index contributed by atoms with van der Waals surface area (Å²) in [6, 6.07) is 4.36. The van der Waals surface area contributed by atoms with Gasteiger partial charge in [0, 0.05) is 30.8 Å². The third-order valence-electron chi connectivity index (χ3n) is 2.59. The summed E-state index contributed by atoms with van der Waals surface area (Å²) in [5, 5.41) is 0. The van der Waals surface area contributed by atoms with E-state index in [1.807, 2.05) is 19.3 Å². The predicted molar refractivity (Wildman–Crippen MR) is 50.2 cm³/mol. The first-order valence-electron chi connectivity index (χ1n) is 6.18. The first-order chi connectivity index (χ1) is 10.2. The van der Waals surface area contributed by atoms with Crippen molar-refractivity contribution < 1.29 is 64.1 Å². The highest BCUT2D eigenvalue weighted by atomic mass is 35.7. The van der Waals surface area contributed by atoms with Crippen molar-refractivity contribution in [2.24, 2.45) is 0 Å². The van der Waals surface area contributed by atoms with E-state index in [1.54, 1.807) is 6.20 Å². The van der Waals surface area contributed by atoms with Crippen LogP contribution in [0, 0.1) is 20.5 Å². The number of nitrogens with zero attached hydrogens (tertiary/aromatic N) is 1. The van der Waals surface area contributed by atoms with E-state index >= 15 is 0 Å². The molecule has 1 fully saturated rings. The predicted octanol–water partition coefficient (Wildman–Crippen LogP) is -8.45. The quantitative estimate of drug-likeness (QED) is 0.485. The van der Waals surface area contributed by atoms with Crippen LogP contribution in [0.4, 0.5) is 0 Å². The molecule has 1 aliphatic heterocycles. The Bertz CT molecular complexity index is 430. The van der Waals surface area contributed by atoms with E-state index in [9.17, 15) is 0 Å². The average molecular weight is 364 g/mol. The Hall–Kier alpha value is -0.630. The SMILES string of the molecule is [2H][N+]1(C)CCC[C@H]1c1cccnc1.[O-][Cl+3]([O-])([O-])O.[O-][Cl+3]([O-])([O-])[O-]. The first-order valence-corrected chi connectivity index (χ1v) is 8.23. The Morgan fingerprint density at radius 2 is 1.77 bits per heavy atom. The van der Waals surface area contributed by atoms with Gasteiger partial charge in [0.2, 0.25) is 0 Å². The van der Waals surface area contributed by atoms with Gasteiger partial charge in [0.15, 0.2) is 0 Å². The lowest BCUT2D eigenvalue weighted by Crippen LogP contribution is -3.07. The van der Waals surface area contributed by atoms with Gasteiger partial charge in [0.1, 0.15) is 6.04 Å². The van der Waals surface area contributed by atoms with E-state index in [-0.39, 0.29) is 0 Å². The minimum absolute atomic E-state index is 0.327. The fourth-order valence-electron chi connectivity index (χ4n) is 1.90. The lowest BCUT2D eigenvalue weighted by atomic mass is 10.1. The van der Waals surface area contributed by atoms with Gasteiger partial charge in [-0.1, -0.05) is 6.07 Å². The molecule has 1 saturated heterocycles. The maximum atomic E-state index is 8.60. The molecule has 2 heterocycles. The molecule has 2 atom stereocenters. The highest BCUT2D eigenvalue weighted by Gasteiger charge is 2.26. The van der Waals surface area contributed by atoms with Crippen LogP contribution >= 0.6 is 0 Å². The van der Waals surface area contributed by atoms with Gasteiger partial charge in [-0.05, 0) is 6.07 Å². The molecular weight excluding hydrogens is 347 g/mol. The highest BCUT2D eigenvalue weighted by Crippen LogP contribution is 2.16. The standard InChI is InChI=1S/C10H14N2.2ClHO4/c1-12-7-3-5-10(12)9-4-2-6-11-8-9;2*2-1(3,4)5/h2,4,6,8,10H,3,5,7H2,1H3;2*(H,2,3,4,5)/t10-;;/m0../s1/i/hD. The summed E-state index contributed by atoms with van der Waals surface area (Å²) >= 11 is 0. The molecule has 10 nitrogen and oxygen atoms in total. The summed E-state index contributed by atoms with van der Waals surface area (Å²) in [5.74, 6) is 0. The van der Waals surface area contributed by atoms with E-state index in [1.165, 1.54) is 5.56 Å². The van der Waals surface area contributed by atoms with Crippen molar-refractivity contribution in [1.82, 2.24) is 4.98 Å². The van der Waals surface area contributed by atoms with Gasteiger partial charge in [-0.3, -0.25) is 4.98 Å². The summed E-state index contributed by atoms with van der Waals surface area (Å²) in [6.45, 7) is 0.958. The molecule has 0 saturated carbocycles. The number of likely N-dealkylation sites (tertiary alicyclic amines) is 1. The summed E-state index contributed by atoms with van der Waals surface area (Å²) in [7, 11) is -7.66. The first kappa shape index (κ1) is 19.4. The Balaban J connectivity index is 0.000000406. The summed E-state index contributed by atoms with van der Waals surface area (Å²) < 4.78 is 74.8. The zero-order valence-electron chi connectivity index (χ0n) is 12.5. The monoisotopic (exact) mass is 363 g/mol. The molecule has 0 amide bonds. The van der Waals surface area contributed by atoms with Crippen molar-refractivity contribution >= 4 is 0 Å². The Labute approximate surface area is 132 Å². The minimum atomic E-state index is -4.94. The molecule has 2 N–H and O–H groups in total. The fraction of sp³-hybridized carbons (Fsp3) is 0.500. The molecule has 128 valence electrons. The number of hydrogen-bond donors (Lipinski definition) is 2. The molecule has 0 radical (unpaired) electrons. The van der Waals surface area contributed by atoms with Gasteiger partial charge in [-0.2, -0.15) is 14.0 Å². The molecule has 12 heteroatoms. The van der Waals surface area contributed by atoms with Crippen molar-refractivity contribution in [3.63, 3.8) is 0 Å². The summed E-state index contributed by atoms with van der Waals surface area (Å²) in [4.78, 5) is 4.47. The van der Waals surface area contributed by atoms with Crippen molar-refractivity contribution in [2.75, 3.05) is 13.6 Å². The van der Waals surface area contributed by atoms with Crippen LogP contribution in [0.5, 0.6) is 0 Å². The smallest absolute Gasteiger partial charge is 0.331 e. The molecule has 2 rings (SSSR count). The zero-order chi connectivity index (χ0) is 18.3. The summed E-state index contributed by atoms with van der Waals surface area (Å²) in [6.07, 6.45) is 5.94. The highest BCUT2D eigenvalue weighted by molar-refractivity contribution is 5.11. The second kappa shape index (κ2) is 9.50. The van der Waals surface area contributed by atoms with Crippen LogP contribution in [0.15, 0.2) is 24.5 Å². The lowest BCUT2D eigenvalue weighted by Gasteiger charge is -2.17. The number of quaternary nitrogens is 1. The van der Waals surface area contributed by atoms with Crippen LogP contribution in [0.25, 0.3) is 0 Å². The average Bonchev–Trinajstić information content (AvgIpc) is 2.66. The van der Waals surface area contributed by atoms with Crippen LogP contribution < -0.4 is 37.5 Å². The van der Waals surface area contributed by atoms with Crippen molar-refractivity contribution in [3.05, 3.63) is 30.1 Å². The van der Waals surface area contributed by atoms with Gasteiger partial charge in [0.05, 0.1) is 28.5 Å². The fourth-order valence-corrected chi connectivity index (χ4v) is 1.90. The molecule has 1 aromatic rings. The van der Waals surface area contributed by atoms with Gasteiger partial charge in [-0.25, -0.2) is 18.6 Å². The summed E-state index contributed by atoms with van der Waals surface area (Å²) in [5.41, 5.74) is 1.21. The maximum absolute atomic E-state index is 8.60. The van der Waals surface area contributed by atoms with Crippen molar-refractivity contribution in [3.8, 4) is 0 Å². The van der Waals surface area contributed by atoms with Crippen LogP contribution in [-0.2, 0) is 0 Å². The number of aromatic nitrogens is 1. The van der Waals surface area contributed by atoms with Crippen molar-refractivity contribution in [2.45, 2.75) is 18.9 Å². The third kappa shape index (κ3) is 14.3. The van der Waals surface area contributed by atoms with E-state index in [0.717, 1.165) is 19.4 Å². The number of hydrogen-bond acceptors (Lipinski definition) is 9. The maximum Gasteiger partial charge on any atom is 0.348 e. The molecule has 0 aliphatic carbocycles. The molecule has 0 spiro atoms. The van der Waals surface area contributed by atoms with E-state index in [0.29, 0.717) is 10.9 Å². The van der Waals surface area contributed by atoms with Crippen LogP contribution in [0.2, 0.25) is 1.41 Å². The second-order valence-electron chi connectivity index (χ2n) is 4.20. The van der Waals surface area contributed by atoms with Crippen LogP contribution in [-0.4, -0.2) is 23.2 Å². The van der Waals surface area contributed by atoms with Gasteiger partial charge < -0.3 is 4.89 Å². The Morgan fingerprint density at radius 3 is 2.09 bits per heavy atom. The second-order valence-corrected chi connectivity index (χ2v) is 5.75. The van der Waals surface area contributed by atoms with Crippen LogP contribution in [0.1, 0.15) is 24.4 Å². The zero-order valence-corrected chi connectivity index (χ0v) is 13.0. The molecule has 0 bridgehead atoms. The molecule has 1 unspecified atom stereocenters. The molecule has 0 aromatic carbocycles. The Morgan fingerprint density at radius 1 is 1.27 bits per heavy atom. The van der Waals surface area contributed by atoms with E-state index in [4.69, 9.17) is 38.7 Å². The minimum Gasteiger partial charge on any atom is -0.331 e.